The third-order valence-corrected chi connectivity index (χ3v) is 4.39. The molecule has 0 spiro atoms. The maximum absolute atomic E-state index is 12.5. The molecule has 0 saturated carbocycles. The van der Waals surface area contributed by atoms with E-state index in [0.29, 0.717) is 30.6 Å². The summed E-state index contributed by atoms with van der Waals surface area (Å²) in [6.45, 7) is 7.01. The van der Waals surface area contributed by atoms with Crippen LogP contribution in [0.2, 0.25) is 0 Å². The summed E-state index contributed by atoms with van der Waals surface area (Å²) in [6, 6.07) is 15.2. The Kier molecular flexibility index (Phi) is 8.14. The van der Waals surface area contributed by atoms with Crippen LogP contribution in [0.1, 0.15) is 38.7 Å². The molecule has 2 unspecified atom stereocenters. The lowest BCUT2D eigenvalue weighted by atomic mass is 9.98. The highest BCUT2D eigenvalue weighted by atomic mass is 16.5. The number of hydrogen-bond donors (Lipinski definition) is 1. The molecule has 0 bridgehead atoms. The normalized spacial score (nSPS) is 12.9. The van der Waals surface area contributed by atoms with Crippen molar-refractivity contribution in [2.45, 2.75) is 39.2 Å². The number of anilines is 1. The van der Waals surface area contributed by atoms with Gasteiger partial charge in [0.1, 0.15) is 18.1 Å². The lowest BCUT2D eigenvalue weighted by molar-refractivity contribution is -0.122. The van der Waals surface area contributed by atoms with E-state index in [2.05, 4.69) is 25.2 Å². The molecular weight excluding hydrogens is 342 g/mol. The van der Waals surface area contributed by atoms with Crippen molar-refractivity contribution in [1.82, 2.24) is 0 Å². The highest BCUT2D eigenvalue weighted by Gasteiger charge is 2.18. The minimum absolute atomic E-state index is 0.206. The second-order valence-corrected chi connectivity index (χ2v) is 6.47. The van der Waals surface area contributed by atoms with Crippen LogP contribution in [0.25, 0.3) is 0 Å². The zero-order chi connectivity index (χ0) is 19.6. The molecule has 0 aliphatic heterocycles. The number of benzene rings is 2. The van der Waals surface area contributed by atoms with E-state index in [0.717, 1.165) is 17.7 Å². The zero-order valence-corrected chi connectivity index (χ0v) is 16.5. The van der Waals surface area contributed by atoms with Crippen molar-refractivity contribution in [2.75, 3.05) is 25.6 Å². The Balaban J connectivity index is 1.99. The second kappa shape index (κ2) is 10.6. The summed E-state index contributed by atoms with van der Waals surface area (Å²) in [5, 5.41) is 2.88. The molecule has 0 radical (unpaired) electrons. The number of amides is 1. The van der Waals surface area contributed by atoms with Gasteiger partial charge in [-0.3, -0.25) is 4.79 Å². The molecule has 0 saturated heterocycles. The van der Waals surface area contributed by atoms with Crippen LogP contribution in [0.4, 0.5) is 5.69 Å². The number of methoxy groups -OCH3 is 1. The van der Waals surface area contributed by atoms with Gasteiger partial charge in [0.15, 0.2) is 6.10 Å². The molecule has 2 rings (SSSR count). The van der Waals surface area contributed by atoms with Crippen LogP contribution in [0.3, 0.4) is 0 Å². The number of para-hydroxylation sites is 1. The van der Waals surface area contributed by atoms with Crippen LogP contribution in [-0.4, -0.2) is 32.3 Å². The molecular formula is C22H29NO4. The third-order valence-electron chi connectivity index (χ3n) is 4.39. The number of ether oxygens (including phenoxy) is 3. The first kappa shape index (κ1) is 20.8. The molecule has 0 aromatic heterocycles. The molecule has 1 amide bonds. The number of rotatable bonds is 10. The van der Waals surface area contributed by atoms with E-state index in [-0.39, 0.29) is 5.91 Å². The van der Waals surface area contributed by atoms with Crippen LogP contribution in [0.15, 0.2) is 48.5 Å². The Morgan fingerprint density at radius 2 is 1.85 bits per heavy atom. The predicted octanol–water partition coefficient (Wildman–Crippen LogP) is 4.63. The van der Waals surface area contributed by atoms with E-state index in [1.165, 1.54) is 0 Å². The lowest BCUT2D eigenvalue weighted by Gasteiger charge is -2.19. The van der Waals surface area contributed by atoms with Gasteiger partial charge < -0.3 is 19.5 Å². The highest BCUT2D eigenvalue weighted by molar-refractivity contribution is 5.94. The van der Waals surface area contributed by atoms with Gasteiger partial charge in [-0.15, -0.1) is 0 Å². The Hall–Kier alpha value is -2.53. The third kappa shape index (κ3) is 6.29. The summed E-state index contributed by atoms with van der Waals surface area (Å²) in [4.78, 5) is 12.5. The van der Waals surface area contributed by atoms with E-state index in [1.807, 2.05) is 36.4 Å². The fourth-order valence-electron chi connectivity index (χ4n) is 2.61. The van der Waals surface area contributed by atoms with E-state index in [4.69, 9.17) is 14.2 Å². The standard InChI is InChI=1S/C22H29NO4/c1-5-16(2)20-11-6-7-12-21(20)27-17(3)22(24)23-18-9-8-10-19(15-18)26-14-13-25-4/h6-12,15-17H,5,13-14H2,1-4H3,(H,23,24). The quantitative estimate of drug-likeness (QED) is 0.619. The van der Waals surface area contributed by atoms with Crippen LogP contribution < -0.4 is 14.8 Å². The van der Waals surface area contributed by atoms with Crippen molar-refractivity contribution >= 4 is 11.6 Å². The molecule has 5 heteroatoms. The van der Waals surface area contributed by atoms with Gasteiger partial charge in [0.05, 0.1) is 6.61 Å². The fourth-order valence-corrected chi connectivity index (χ4v) is 2.61. The summed E-state index contributed by atoms with van der Waals surface area (Å²) in [5.41, 5.74) is 1.79. The average Bonchev–Trinajstić information content (AvgIpc) is 2.68. The van der Waals surface area contributed by atoms with E-state index < -0.39 is 6.10 Å². The van der Waals surface area contributed by atoms with Crippen LogP contribution in [-0.2, 0) is 9.53 Å². The molecule has 1 N–H and O–H groups in total. The summed E-state index contributed by atoms with van der Waals surface area (Å²) in [7, 11) is 1.63. The highest BCUT2D eigenvalue weighted by Crippen LogP contribution is 2.29. The first-order chi connectivity index (χ1) is 13.0. The molecule has 0 aliphatic carbocycles. The minimum atomic E-state index is -0.617. The van der Waals surface area contributed by atoms with Crippen molar-refractivity contribution in [2.24, 2.45) is 0 Å². The van der Waals surface area contributed by atoms with Crippen LogP contribution in [0, 0.1) is 0 Å². The lowest BCUT2D eigenvalue weighted by Crippen LogP contribution is -2.30. The van der Waals surface area contributed by atoms with Crippen molar-refractivity contribution < 1.29 is 19.0 Å². The first-order valence-electron chi connectivity index (χ1n) is 9.33. The largest absolute Gasteiger partial charge is 0.491 e. The summed E-state index contributed by atoms with van der Waals surface area (Å²) in [6.07, 6.45) is 0.393. The summed E-state index contributed by atoms with van der Waals surface area (Å²) in [5.74, 6) is 1.60. The number of nitrogens with one attached hydrogen (secondary N) is 1. The maximum Gasteiger partial charge on any atom is 0.265 e. The molecule has 27 heavy (non-hydrogen) atoms. The second-order valence-electron chi connectivity index (χ2n) is 6.47. The minimum Gasteiger partial charge on any atom is -0.491 e. The van der Waals surface area contributed by atoms with Crippen molar-refractivity contribution in [3.05, 3.63) is 54.1 Å². The monoisotopic (exact) mass is 371 g/mol. The Bertz CT molecular complexity index is 732. The molecule has 5 nitrogen and oxygen atoms in total. The average molecular weight is 371 g/mol. The predicted molar refractivity (Wildman–Crippen MR) is 108 cm³/mol. The number of carbonyl (C=O) groups is 1. The van der Waals surface area contributed by atoms with Crippen molar-refractivity contribution in [1.29, 1.82) is 0 Å². The molecule has 2 atom stereocenters. The van der Waals surface area contributed by atoms with Gasteiger partial charge in [-0.25, -0.2) is 0 Å². The number of carbonyl (C=O) groups excluding carboxylic acids is 1. The molecule has 2 aromatic rings. The van der Waals surface area contributed by atoms with Gasteiger partial charge >= 0.3 is 0 Å². The van der Waals surface area contributed by atoms with E-state index in [9.17, 15) is 4.79 Å². The van der Waals surface area contributed by atoms with Crippen molar-refractivity contribution in [3.63, 3.8) is 0 Å². The molecule has 0 fully saturated rings. The van der Waals surface area contributed by atoms with Gasteiger partial charge in [-0.1, -0.05) is 38.1 Å². The molecule has 146 valence electrons. The molecule has 2 aromatic carbocycles. The van der Waals surface area contributed by atoms with E-state index >= 15 is 0 Å². The van der Waals surface area contributed by atoms with Gasteiger partial charge in [0, 0.05) is 18.9 Å². The van der Waals surface area contributed by atoms with Gasteiger partial charge in [-0.05, 0) is 43.0 Å². The van der Waals surface area contributed by atoms with E-state index in [1.54, 1.807) is 20.1 Å². The number of hydrogen-bond acceptors (Lipinski definition) is 4. The van der Waals surface area contributed by atoms with Gasteiger partial charge in [0.25, 0.3) is 5.91 Å². The first-order valence-corrected chi connectivity index (χ1v) is 9.33. The Morgan fingerprint density at radius 3 is 2.59 bits per heavy atom. The van der Waals surface area contributed by atoms with Gasteiger partial charge in [0.2, 0.25) is 0 Å². The fraction of sp³-hybridized carbons (Fsp3) is 0.409. The maximum atomic E-state index is 12.5. The van der Waals surface area contributed by atoms with Crippen LogP contribution >= 0.6 is 0 Å². The summed E-state index contributed by atoms with van der Waals surface area (Å²) >= 11 is 0. The SMILES string of the molecule is CCC(C)c1ccccc1OC(C)C(=O)Nc1cccc(OCCOC)c1. The Morgan fingerprint density at radius 1 is 1.07 bits per heavy atom. The molecule has 0 aliphatic rings. The van der Waals surface area contributed by atoms with Gasteiger partial charge in [-0.2, -0.15) is 0 Å². The Labute approximate surface area is 161 Å². The van der Waals surface area contributed by atoms with Crippen molar-refractivity contribution in [3.8, 4) is 11.5 Å². The smallest absolute Gasteiger partial charge is 0.265 e. The molecule has 0 heterocycles. The van der Waals surface area contributed by atoms with Crippen LogP contribution in [0.5, 0.6) is 11.5 Å². The zero-order valence-electron chi connectivity index (χ0n) is 16.5. The summed E-state index contributed by atoms with van der Waals surface area (Å²) < 4.78 is 16.5. The topological polar surface area (TPSA) is 56.8 Å².